The average molecular weight is 314 g/mol. The van der Waals surface area contributed by atoms with Gasteiger partial charge in [0.1, 0.15) is 0 Å². The Kier molecular flexibility index (Phi) is 4.55. The maximum atomic E-state index is 12.9. The van der Waals surface area contributed by atoms with E-state index in [9.17, 15) is 4.79 Å². The Morgan fingerprint density at radius 2 is 2.09 bits per heavy atom. The van der Waals surface area contributed by atoms with Gasteiger partial charge in [0.05, 0.1) is 6.54 Å². The number of unbranched alkanes of at least 4 members (excludes halogenated alkanes) is 1. The monoisotopic (exact) mass is 314 g/mol. The van der Waals surface area contributed by atoms with E-state index in [-0.39, 0.29) is 12.7 Å². The number of hydrogen-bond acceptors (Lipinski definition) is 3. The maximum absolute atomic E-state index is 12.9. The van der Waals surface area contributed by atoms with Crippen molar-refractivity contribution in [3.63, 3.8) is 0 Å². The number of ether oxygens (including phenoxy) is 2. The molecule has 3 rings (SSSR count). The van der Waals surface area contributed by atoms with E-state index in [1.807, 2.05) is 34.8 Å². The van der Waals surface area contributed by atoms with Crippen LogP contribution in [0.5, 0.6) is 11.5 Å². The molecule has 1 aliphatic heterocycles. The van der Waals surface area contributed by atoms with Gasteiger partial charge in [0.15, 0.2) is 11.5 Å². The van der Waals surface area contributed by atoms with Gasteiger partial charge in [-0.2, -0.15) is 0 Å². The van der Waals surface area contributed by atoms with Gasteiger partial charge in [0.25, 0.3) is 5.91 Å². The first-order valence-electron chi connectivity index (χ1n) is 7.98. The van der Waals surface area contributed by atoms with Gasteiger partial charge in [-0.05, 0) is 36.8 Å². The lowest BCUT2D eigenvalue weighted by Gasteiger charge is -2.23. The standard InChI is InChI=1S/C18H22N2O3/c1-3-4-10-20(12-15-6-5-9-19(15)2)18(21)14-7-8-16-17(11-14)23-13-22-16/h5-9,11H,3-4,10,12-13H2,1-2H3. The molecule has 0 spiro atoms. The molecule has 0 fully saturated rings. The van der Waals surface area contributed by atoms with Crippen molar-refractivity contribution in [3.05, 3.63) is 47.8 Å². The van der Waals surface area contributed by atoms with E-state index in [0.717, 1.165) is 25.1 Å². The van der Waals surface area contributed by atoms with Crippen LogP contribution in [-0.2, 0) is 13.6 Å². The zero-order valence-corrected chi connectivity index (χ0v) is 13.6. The van der Waals surface area contributed by atoms with Gasteiger partial charge in [-0.25, -0.2) is 0 Å². The highest BCUT2D eigenvalue weighted by molar-refractivity contribution is 5.95. The largest absolute Gasteiger partial charge is 0.454 e. The minimum Gasteiger partial charge on any atom is -0.454 e. The zero-order chi connectivity index (χ0) is 16.2. The van der Waals surface area contributed by atoms with Crippen molar-refractivity contribution in [1.82, 2.24) is 9.47 Å². The smallest absolute Gasteiger partial charge is 0.254 e. The fourth-order valence-electron chi connectivity index (χ4n) is 2.67. The van der Waals surface area contributed by atoms with Gasteiger partial charge < -0.3 is 18.9 Å². The first-order chi connectivity index (χ1) is 11.2. The highest BCUT2D eigenvalue weighted by atomic mass is 16.7. The summed E-state index contributed by atoms with van der Waals surface area (Å²) in [6.07, 6.45) is 4.04. The van der Waals surface area contributed by atoms with Gasteiger partial charge >= 0.3 is 0 Å². The van der Waals surface area contributed by atoms with Crippen LogP contribution < -0.4 is 9.47 Å². The molecular weight excluding hydrogens is 292 g/mol. The lowest BCUT2D eigenvalue weighted by atomic mass is 10.1. The van der Waals surface area contributed by atoms with Gasteiger partial charge in [-0.15, -0.1) is 0 Å². The second kappa shape index (κ2) is 6.77. The maximum Gasteiger partial charge on any atom is 0.254 e. The molecule has 0 saturated heterocycles. The lowest BCUT2D eigenvalue weighted by Crippen LogP contribution is -2.32. The Bertz CT molecular complexity index is 693. The number of aryl methyl sites for hydroxylation is 1. The minimum atomic E-state index is 0.0259. The number of rotatable bonds is 6. The molecule has 5 heteroatoms. The first kappa shape index (κ1) is 15.5. The number of hydrogen-bond donors (Lipinski definition) is 0. The molecule has 0 aliphatic carbocycles. The van der Waals surface area contributed by atoms with Crippen LogP contribution in [-0.4, -0.2) is 28.7 Å². The van der Waals surface area contributed by atoms with E-state index in [1.54, 1.807) is 18.2 Å². The van der Waals surface area contributed by atoms with E-state index >= 15 is 0 Å². The molecule has 0 saturated carbocycles. The van der Waals surface area contributed by atoms with Gasteiger partial charge in [-0.1, -0.05) is 13.3 Å². The number of fused-ring (bicyclic) bond motifs is 1. The summed E-state index contributed by atoms with van der Waals surface area (Å²) in [6, 6.07) is 9.43. The molecule has 1 amide bonds. The fraction of sp³-hybridized carbons (Fsp3) is 0.389. The molecule has 122 valence electrons. The highest BCUT2D eigenvalue weighted by Crippen LogP contribution is 2.32. The molecule has 2 heterocycles. The summed E-state index contributed by atoms with van der Waals surface area (Å²) >= 11 is 0. The summed E-state index contributed by atoms with van der Waals surface area (Å²) in [7, 11) is 2.00. The van der Waals surface area contributed by atoms with Crippen molar-refractivity contribution in [3.8, 4) is 11.5 Å². The molecule has 0 radical (unpaired) electrons. The number of amides is 1. The van der Waals surface area contributed by atoms with E-state index in [0.29, 0.717) is 23.6 Å². The second-order valence-electron chi connectivity index (χ2n) is 5.76. The molecule has 23 heavy (non-hydrogen) atoms. The molecule has 0 unspecified atom stereocenters. The van der Waals surface area contributed by atoms with Gasteiger partial charge in [0.2, 0.25) is 6.79 Å². The number of nitrogens with zero attached hydrogens (tertiary/aromatic N) is 2. The van der Waals surface area contributed by atoms with Crippen LogP contribution in [0.4, 0.5) is 0 Å². The summed E-state index contributed by atoms with van der Waals surface area (Å²) in [6.45, 7) is 3.70. The summed E-state index contributed by atoms with van der Waals surface area (Å²) in [5, 5.41) is 0. The summed E-state index contributed by atoms with van der Waals surface area (Å²) in [4.78, 5) is 14.8. The van der Waals surface area contributed by atoms with Crippen molar-refractivity contribution in [2.75, 3.05) is 13.3 Å². The van der Waals surface area contributed by atoms with E-state index in [4.69, 9.17) is 9.47 Å². The highest BCUT2D eigenvalue weighted by Gasteiger charge is 2.20. The average Bonchev–Trinajstić information content (AvgIpc) is 3.18. The minimum absolute atomic E-state index is 0.0259. The Morgan fingerprint density at radius 3 is 2.83 bits per heavy atom. The molecule has 0 atom stereocenters. The topological polar surface area (TPSA) is 43.7 Å². The number of carbonyl (C=O) groups excluding carboxylic acids is 1. The number of aromatic nitrogens is 1. The molecule has 5 nitrogen and oxygen atoms in total. The van der Waals surface area contributed by atoms with Gasteiger partial charge in [0, 0.05) is 31.0 Å². The predicted molar refractivity (Wildman–Crippen MR) is 87.6 cm³/mol. The van der Waals surface area contributed by atoms with Crippen LogP contribution >= 0.6 is 0 Å². The third-order valence-corrected chi connectivity index (χ3v) is 4.09. The summed E-state index contributed by atoms with van der Waals surface area (Å²) < 4.78 is 12.7. The molecular formula is C18H22N2O3. The molecule has 0 bridgehead atoms. The second-order valence-corrected chi connectivity index (χ2v) is 5.76. The summed E-state index contributed by atoms with van der Waals surface area (Å²) in [5.41, 5.74) is 1.76. The molecule has 2 aromatic rings. The Hall–Kier alpha value is -2.43. The fourth-order valence-corrected chi connectivity index (χ4v) is 2.67. The molecule has 1 aromatic carbocycles. The molecule has 1 aliphatic rings. The van der Waals surface area contributed by atoms with Crippen molar-refractivity contribution in [2.24, 2.45) is 7.05 Å². The van der Waals surface area contributed by atoms with Crippen LogP contribution in [0, 0.1) is 0 Å². The normalized spacial score (nSPS) is 12.4. The Balaban J connectivity index is 1.80. The Morgan fingerprint density at radius 1 is 1.26 bits per heavy atom. The van der Waals surface area contributed by atoms with Crippen LogP contribution in [0.1, 0.15) is 35.8 Å². The van der Waals surface area contributed by atoms with E-state index in [1.165, 1.54) is 0 Å². The lowest BCUT2D eigenvalue weighted by molar-refractivity contribution is 0.0737. The number of benzene rings is 1. The van der Waals surface area contributed by atoms with Crippen LogP contribution in [0.3, 0.4) is 0 Å². The van der Waals surface area contributed by atoms with Gasteiger partial charge in [-0.3, -0.25) is 4.79 Å². The van der Waals surface area contributed by atoms with Crippen LogP contribution in [0.15, 0.2) is 36.5 Å². The Labute approximate surface area is 136 Å². The SMILES string of the molecule is CCCCN(Cc1cccn1C)C(=O)c1ccc2c(c1)OCO2. The third kappa shape index (κ3) is 3.33. The van der Waals surface area contributed by atoms with Crippen LogP contribution in [0.25, 0.3) is 0 Å². The quantitative estimate of drug-likeness (QED) is 0.822. The third-order valence-electron chi connectivity index (χ3n) is 4.09. The van der Waals surface area contributed by atoms with Crippen LogP contribution in [0.2, 0.25) is 0 Å². The van der Waals surface area contributed by atoms with E-state index < -0.39 is 0 Å². The first-order valence-corrected chi connectivity index (χ1v) is 7.98. The van der Waals surface area contributed by atoms with E-state index in [2.05, 4.69) is 6.92 Å². The predicted octanol–water partition coefficient (Wildman–Crippen LogP) is 3.20. The van der Waals surface area contributed by atoms with Crippen molar-refractivity contribution >= 4 is 5.91 Å². The zero-order valence-electron chi connectivity index (χ0n) is 13.6. The van der Waals surface area contributed by atoms with Crippen molar-refractivity contribution < 1.29 is 14.3 Å². The van der Waals surface area contributed by atoms with Crippen molar-refractivity contribution in [1.29, 1.82) is 0 Å². The molecule has 1 aromatic heterocycles. The molecule has 0 N–H and O–H groups in total. The van der Waals surface area contributed by atoms with Crippen molar-refractivity contribution in [2.45, 2.75) is 26.3 Å². The summed E-state index contributed by atoms with van der Waals surface area (Å²) in [5.74, 6) is 1.37. The number of carbonyl (C=O) groups is 1.